The molecule has 1 amide bonds. The monoisotopic (exact) mass is 393 g/mol. The van der Waals surface area contributed by atoms with Crippen LogP contribution in [0.2, 0.25) is 5.02 Å². The van der Waals surface area contributed by atoms with E-state index in [0.29, 0.717) is 5.69 Å². The van der Waals surface area contributed by atoms with Crippen LogP contribution in [-0.4, -0.2) is 25.9 Å². The van der Waals surface area contributed by atoms with E-state index in [2.05, 4.69) is 10.4 Å². The van der Waals surface area contributed by atoms with E-state index in [9.17, 15) is 23.8 Å². The molecule has 3 rings (SSSR count). The van der Waals surface area contributed by atoms with E-state index in [1.54, 1.807) is 7.05 Å². The second-order valence-corrected chi connectivity index (χ2v) is 6.11. The Morgan fingerprint density at radius 2 is 2.00 bits per heavy atom. The molecule has 0 aliphatic carbocycles. The van der Waals surface area contributed by atoms with Crippen LogP contribution in [0.3, 0.4) is 0 Å². The molecule has 140 valence electrons. The molecule has 1 aromatic heterocycles. The van der Waals surface area contributed by atoms with E-state index in [-0.39, 0.29) is 28.6 Å². The van der Waals surface area contributed by atoms with E-state index in [0.717, 1.165) is 18.2 Å². The highest BCUT2D eigenvalue weighted by Crippen LogP contribution is 2.31. The third kappa shape index (κ3) is 3.62. The van der Waals surface area contributed by atoms with Crippen LogP contribution in [0.4, 0.5) is 14.5 Å². The highest BCUT2D eigenvalue weighted by molar-refractivity contribution is 6.34. The second kappa shape index (κ2) is 7.34. The molecule has 1 heterocycles. The lowest BCUT2D eigenvalue weighted by atomic mass is 10.1. The minimum Gasteiger partial charge on any atom is -0.507 e. The van der Waals surface area contributed by atoms with Crippen LogP contribution in [0.15, 0.2) is 36.4 Å². The molecule has 3 aromatic rings. The summed E-state index contributed by atoms with van der Waals surface area (Å²) in [6.07, 6.45) is 0. The number of hydrogen-bond acceptors (Lipinski definition) is 4. The predicted octanol–water partition coefficient (Wildman–Crippen LogP) is 3.47. The summed E-state index contributed by atoms with van der Waals surface area (Å²) in [7, 11) is 1.58. The number of carbonyl (C=O) groups is 1. The third-order valence-corrected chi connectivity index (χ3v) is 4.26. The van der Waals surface area contributed by atoms with Crippen molar-refractivity contribution in [3.05, 3.63) is 64.3 Å². The zero-order valence-corrected chi connectivity index (χ0v) is 14.8. The number of aryl methyl sites for hydroxylation is 1. The smallest absolute Gasteiger partial charge is 0.259 e. The van der Waals surface area contributed by atoms with Crippen molar-refractivity contribution in [3.63, 3.8) is 0 Å². The number of rotatable bonds is 4. The van der Waals surface area contributed by atoms with Gasteiger partial charge >= 0.3 is 0 Å². The Labute approximate surface area is 157 Å². The van der Waals surface area contributed by atoms with Gasteiger partial charge < -0.3 is 15.5 Å². The van der Waals surface area contributed by atoms with Gasteiger partial charge in [0, 0.05) is 12.6 Å². The fourth-order valence-corrected chi connectivity index (χ4v) is 2.73. The highest BCUT2D eigenvalue weighted by Gasteiger charge is 2.20. The molecular weight excluding hydrogens is 380 g/mol. The van der Waals surface area contributed by atoms with Gasteiger partial charge in [-0.05, 0) is 30.3 Å². The lowest BCUT2D eigenvalue weighted by Gasteiger charge is -2.10. The number of aliphatic hydroxyl groups is 1. The first-order chi connectivity index (χ1) is 12.8. The van der Waals surface area contributed by atoms with Gasteiger partial charge in [0.05, 0.1) is 34.3 Å². The van der Waals surface area contributed by atoms with Crippen molar-refractivity contribution >= 4 is 23.2 Å². The summed E-state index contributed by atoms with van der Waals surface area (Å²) in [6.45, 7) is -0.291. The molecule has 0 fully saturated rings. The average Bonchev–Trinajstić information content (AvgIpc) is 3.00. The number of nitrogens with zero attached hydrogens (tertiary/aromatic N) is 2. The maximum absolute atomic E-state index is 14.5. The Morgan fingerprint density at radius 3 is 2.63 bits per heavy atom. The fraction of sp³-hybridized carbons (Fsp3) is 0.111. The van der Waals surface area contributed by atoms with Gasteiger partial charge in [0.2, 0.25) is 0 Å². The van der Waals surface area contributed by atoms with Crippen LogP contribution in [0.1, 0.15) is 16.1 Å². The zero-order chi connectivity index (χ0) is 19.7. The summed E-state index contributed by atoms with van der Waals surface area (Å²) in [6, 6.07) is 7.16. The van der Waals surface area contributed by atoms with Crippen molar-refractivity contribution in [2.24, 2.45) is 7.05 Å². The van der Waals surface area contributed by atoms with Crippen molar-refractivity contribution in [1.29, 1.82) is 0 Å². The van der Waals surface area contributed by atoms with Gasteiger partial charge in [-0.3, -0.25) is 9.48 Å². The molecule has 0 unspecified atom stereocenters. The Hall–Kier alpha value is -2.97. The number of carbonyl (C=O) groups excluding carboxylic acids is 1. The van der Waals surface area contributed by atoms with Gasteiger partial charge in [0.15, 0.2) is 0 Å². The second-order valence-electron chi connectivity index (χ2n) is 5.70. The summed E-state index contributed by atoms with van der Waals surface area (Å²) in [5.74, 6) is -3.03. The molecule has 9 heteroatoms. The molecule has 0 atom stereocenters. The first-order valence-corrected chi connectivity index (χ1v) is 8.11. The number of aromatic hydroxyl groups is 1. The number of aromatic nitrogens is 2. The third-order valence-electron chi connectivity index (χ3n) is 3.95. The lowest BCUT2D eigenvalue weighted by molar-refractivity contribution is 0.102. The molecule has 6 nitrogen and oxygen atoms in total. The predicted molar refractivity (Wildman–Crippen MR) is 95.6 cm³/mol. The molecule has 0 saturated carbocycles. The van der Waals surface area contributed by atoms with Gasteiger partial charge in [-0.1, -0.05) is 17.7 Å². The fourth-order valence-electron chi connectivity index (χ4n) is 2.52. The highest BCUT2D eigenvalue weighted by atomic mass is 35.5. The lowest BCUT2D eigenvalue weighted by Crippen LogP contribution is -2.14. The number of para-hydroxylation sites is 1. The number of anilines is 1. The maximum atomic E-state index is 14.5. The van der Waals surface area contributed by atoms with Crippen molar-refractivity contribution < 1.29 is 23.8 Å². The quantitative estimate of drug-likeness (QED) is 0.633. The molecule has 0 spiro atoms. The largest absolute Gasteiger partial charge is 0.507 e. The number of phenolic OH excluding ortho intramolecular Hbond substituents is 1. The van der Waals surface area contributed by atoms with Gasteiger partial charge in [0.25, 0.3) is 5.91 Å². The molecule has 0 aliphatic rings. The van der Waals surface area contributed by atoms with Crippen LogP contribution in [0, 0.1) is 11.6 Å². The van der Waals surface area contributed by atoms with Crippen molar-refractivity contribution in [1.82, 2.24) is 9.78 Å². The molecule has 27 heavy (non-hydrogen) atoms. The number of hydrogen-bond donors (Lipinski definition) is 3. The number of phenols is 1. The summed E-state index contributed by atoms with van der Waals surface area (Å²) in [4.78, 5) is 12.3. The standard InChI is InChI=1S/C18H14ClF2N3O3/c1-24-9(8-25)5-15(23-24)10-7-16(26)11(6-14(10)21)18(27)22-17-12(19)3-2-4-13(17)20/h2-7,25-26H,8H2,1H3,(H,22,27). The summed E-state index contributed by atoms with van der Waals surface area (Å²) < 4.78 is 29.7. The Morgan fingerprint density at radius 1 is 1.26 bits per heavy atom. The number of nitrogens with one attached hydrogen (secondary N) is 1. The van der Waals surface area contributed by atoms with Crippen LogP contribution in [-0.2, 0) is 13.7 Å². The van der Waals surface area contributed by atoms with Crippen LogP contribution < -0.4 is 5.32 Å². The molecule has 0 bridgehead atoms. The van der Waals surface area contributed by atoms with Crippen molar-refractivity contribution in [2.45, 2.75) is 6.61 Å². The van der Waals surface area contributed by atoms with Gasteiger partial charge in [-0.15, -0.1) is 0 Å². The molecule has 0 radical (unpaired) electrons. The van der Waals surface area contributed by atoms with E-state index in [1.165, 1.54) is 22.9 Å². The number of halogens is 3. The zero-order valence-electron chi connectivity index (χ0n) is 14.0. The average molecular weight is 394 g/mol. The van der Waals surface area contributed by atoms with Crippen LogP contribution in [0.25, 0.3) is 11.3 Å². The molecule has 2 aromatic carbocycles. The number of amides is 1. The summed E-state index contributed by atoms with van der Waals surface area (Å²) >= 11 is 5.85. The number of benzene rings is 2. The van der Waals surface area contributed by atoms with Gasteiger partial charge in [-0.2, -0.15) is 5.10 Å². The van der Waals surface area contributed by atoms with Crippen LogP contribution in [0.5, 0.6) is 5.75 Å². The normalized spacial score (nSPS) is 10.9. The van der Waals surface area contributed by atoms with E-state index in [1.807, 2.05) is 0 Å². The SMILES string of the molecule is Cn1nc(-c2cc(O)c(C(=O)Nc3c(F)cccc3Cl)cc2F)cc1CO. The molecular formula is C18H14ClF2N3O3. The van der Waals surface area contributed by atoms with E-state index < -0.39 is 28.9 Å². The molecule has 0 saturated heterocycles. The van der Waals surface area contributed by atoms with Gasteiger partial charge in [-0.25, -0.2) is 8.78 Å². The molecule has 0 aliphatic heterocycles. The minimum absolute atomic E-state index is 0.0371. The van der Waals surface area contributed by atoms with E-state index in [4.69, 9.17) is 11.6 Å². The summed E-state index contributed by atoms with van der Waals surface area (Å²) in [5, 5.41) is 25.6. The Balaban J connectivity index is 1.95. The minimum atomic E-state index is -0.929. The Bertz CT molecular complexity index is 1020. The molecule has 3 N–H and O–H groups in total. The maximum Gasteiger partial charge on any atom is 0.259 e. The van der Waals surface area contributed by atoms with Crippen LogP contribution >= 0.6 is 11.6 Å². The van der Waals surface area contributed by atoms with E-state index >= 15 is 0 Å². The van der Waals surface area contributed by atoms with Crippen molar-refractivity contribution in [2.75, 3.05) is 5.32 Å². The first kappa shape index (κ1) is 18.8. The van der Waals surface area contributed by atoms with Crippen molar-refractivity contribution in [3.8, 4) is 17.0 Å². The van der Waals surface area contributed by atoms with Gasteiger partial charge in [0.1, 0.15) is 17.4 Å². The summed E-state index contributed by atoms with van der Waals surface area (Å²) in [5.41, 5.74) is -0.0964. The Kier molecular flexibility index (Phi) is 5.11. The first-order valence-electron chi connectivity index (χ1n) is 7.73. The number of aliphatic hydroxyl groups excluding tert-OH is 1. The topological polar surface area (TPSA) is 87.4 Å².